The molecular weight excluding hydrogens is 350 g/mol. The number of hydrogen-bond acceptors (Lipinski definition) is 4. The maximum Gasteiger partial charge on any atom is 0.253 e. The van der Waals surface area contributed by atoms with Gasteiger partial charge in [0.15, 0.2) is 5.78 Å². The Morgan fingerprint density at radius 1 is 1.30 bits per heavy atom. The fraction of sp³-hybridized carbons (Fsp3) is 0.571. The number of allylic oxidation sites excluding steroid dienone is 1. The lowest BCUT2D eigenvalue weighted by Gasteiger charge is -2.36. The number of nitrogens with zero attached hydrogens (tertiary/aromatic N) is 2. The zero-order valence-electron chi connectivity index (χ0n) is 16.0. The van der Waals surface area contributed by atoms with Crippen LogP contribution in [-0.4, -0.2) is 52.8 Å². The molecule has 1 aromatic carbocycles. The van der Waals surface area contributed by atoms with Crippen LogP contribution in [0.3, 0.4) is 0 Å². The molecule has 0 unspecified atom stereocenters. The van der Waals surface area contributed by atoms with Crippen LogP contribution in [0.4, 0.5) is 8.78 Å². The summed E-state index contributed by atoms with van der Waals surface area (Å²) in [4.78, 5) is 16.7. The molecule has 27 heavy (non-hydrogen) atoms. The number of alkyl halides is 2. The Morgan fingerprint density at radius 3 is 2.67 bits per heavy atom. The summed E-state index contributed by atoms with van der Waals surface area (Å²) in [6.07, 6.45) is 5.42. The van der Waals surface area contributed by atoms with Gasteiger partial charge in [-0.3, -0.25) is 9.69 Å². The SMILES string of the molecule is Cc1cc(CN2CCC(F)(F)[C@H](C)C2)cc(C(=O)/C=C/N2CCCC2)c1O. The van der Waals surface area contributed by atoms with Crippen molar-refractivity contribution >= 4 is 5.78 Å². The third-order valence-electron chi connectivity index (χ3n) is 5.62. The number of phenolic OH excluding ortho intramolecular Hbond substituents is 1. The van der Waals surface area contributed by atoms with Gasteiger partial charge in [0.05, 0.1) is 5.56 Å². The molecule has 0 aliphatic carbocycles. The quantitative estimate of drug-likeness (QED) is 0.622. The second-order valence-corrected chi connectivity index (χ2v) is 7.88. The monoisotopic (exact) mass is 378 g/mol. The highest BCUT2D eigenvalue weighted by Gasteiger charge is 2.40. The van der Waals surface area contributed by atoms with Crippen molar-refractivity contribution in [1.29, 1.82) is 0 Å². The maximum absolute atomic E-state index is 13.7. The van der Waals surface area contributed by atoms with Gasteiger partial charge in [-0.05, 0) is 37.0 Å². The molecule has 0 saturated carbocycles. The van der Waals surface area contributed by atoms with Crippen LogP contribution in [0.5, 0.6) is 5.75 Å². The van der Waals surface area contributed by atoms with E-state index >= 15 is 0 Å². The van der Waals surface area contributed by atoms with E-state index in [4.69, 9.17) is 0 Å². The standard InChI is InChI=1S/C21H28F2N2O2/c1-15-11-17(14-25-10-6-21(22,23)16(2)13-25)12-18(20(15)27)19(26)5-9-24-7-3-4-8-24/h5,9,11-12,16,27H,3-4,6-8,10,13-14H2,1-2H3/b9-5+/t16-/m1/s1. The van der Waals surface area contributed by atoms with Gasteiger partial charge in [0, 0.05) is 57.3 Å². The van der Waals surface area contributed by atoms with Gasteiger partial charge >= 0.3 is 0 Å². The summed E-state index contributed by atoms with van der Waals surface area (Å²) < 4.78 is 27.4. The molecule has 1 atom stereocenters. The maximum atomic E-state index is 13.7. The first-order chi connectivity index (χ1) is 12.8. The van der Waals surface area contributed by atoms with E-state index in [1.165, 1.54) is 6.08 Å². The van der Waals surface area contributed by atoms with Gasteiger partial charge in [0.2, 0.25) is 0 Å². The van der Waals surface area contributed by atoms with Gasteiger partial charge in [0.25, 0.3) is 5.92 Å². The molecule has 2 aliphatic heterocycles. The smallest absolute Gasteiger partial charge is 0.253 e. The molecule has 0 aromatic heterocycles. The van der Waals surface area contributed by atoms with Crippen molar-refractivity contribution in [2.75, 3.05) is 26.2 Å². The zero-order chi connectivity index (χ0) is 19.6. The largest absolute Gasteiger partial charge is 0.507 e. The molecule has 1 N–H and O–H groups in total. The molecule has 1 aromatic rings. The third-order valence-corrected chi connectivity index (χ3v) is 5.62. The van der Waals surface area contributed by atoms with E-state index in [9.17, 15) is 18.7 Å². The number of carbonyl (C=O) groups is 1. The van der Waals surface area contributed by atoms with Crippen molar-refractivity contribution in [3.8, 4) is 5.75 Å². The third kappa shape index (κ3) is 4.67. The van der Waals surface area contributed by atoms with Crippen molar-refractivity contribution in [2.45, 2.75) is 45.6 Å². The fourth-order valence-corrected chi connectivity index (χ4v) is 3.85. The molecule has 2 fully saturated rings. The van der Waals surface area contributed by atoms with Crippen molar-refractivity contribution in [1.82, 2.24) is 9.80 Å². The lowest BCUT2D eigenvalue weighted by molar-refractivity contribution is -0.100. The molecule has 0 amide bonds. The predicted molar refractivity (Wildman–Crippen MR) is 101 cm³/mol. The molecule has 0 radical (unpaired) electrons. The minimum Gasteiger partial charge on any atom is -0.507 e. The lowest BCUT2D eigenvalue weighted by Crippen LogP contribution is -2.45. The van der Waals surface area contributed by atoms with E-state index in [1.54, 1.807) is 26.1 Å². The summed E-state index contributed by atoms with van der Waals surface area (Å²) in [7, 11) is 0. The molecule has 6 heteroatoms. The molecule has 0 spiro atoms. The molecule has 4 nitrogen and oxygen atoms in total. The Kier molecular flexibility index (Phi) is 5.84. The van der Waals surface area contributed by atoms with Gasteiger partial charge < -0.3 is 10.0 Å². The number of phenols is 1. The van der Waals surface area contributed by atoms with Crippen LogP contribution in [0.1, 0.15) is 47.7 Å². The molecule has 3 rings (SSSR count). The molecule has 0 bridgehead atoms. The van der Waals surface area contributed by atoms with E-state index in [0.717, 1.165) is 31.5 Å². The van der Waals surface area contributed by atoms with Crippen molar-refractivity contribution in [3.63, 3.8) is 0 Å². The first-order valence-corrected chi connectivity index (χ1v) is 9.65. The number of halogens is 2. The second kappa shape index (κ2) is 7.97. The van der Waals surface area contributed by atoms with Gasteiger partial charge in [-0.15, -0.1) is 0 Å². The highest BCUT2D eigenvalue weighted by Crippen LogP contribution is 2.34. The van der Waals surface area contributed by atoms with Gasteiger partial charge in [-0.2, -0.15) is 0 Å². The van der Waals surface area contributed by atoms with E-state index in [0.29, 0.717) is 25.2 Å². The summed E-state index contributed by atoms with van der Waals surface area (Å²) in [6.45, 7) is 6.39. The van der Waals surface area contributed by atoms with Crippen LogP contribution in [0.2, 0.25) is 0 Å². The average Bonchev–Trinajstić information content (AvgIpc) is 3.13. The lowest BCUT2D eigenvalue weighted by atomic mass is 9.94. The fourth-order valence-electron chi connectivity index (χ4n) is 3.85. The highest BCUT2D eigenvalue weighted by molar-refractivity contribution is 6.06. The van der Waals surface area contributed by atoms with Crippen LogP contribution in [0.25, 0.3) is 0 Å². The predicted octanol–water partition coefficient (Wildman–Crippen LogP) is 3.97. The van der Waals surface area contributed by atoms with Gasteiger partial charge in [0.1, 0.15) is 5.75 Å². The Balaban J connectivity index is 1.73. The van der Waals surface area contributed by atoms with Crippen molar-refractivity contribution in [2.24, 2.45) is 5.92 Å². The summed E-state index contributed by atoms with van der Waals surface area (Å²) in [5.41, 5.74) is 1.76. The van der Waals surface area contributed by atoms with Crippen molar-refractivity contribution < 1.29 is 18.7 Å². The van der Waals surface area contributed by atoms with Crippen LogP contribution >= 0.6 is 0 Å². The van der Waals surface area contributed by atoms with E-state index in [2.05, 4.69) is 4.90 Å². The van der Waals surface area contributed by atoms with Crippen molar-refractivity contribution in [3.05, 3.63) is 41.1 Å². The van der Waals surface area contributed by atoms with Gasteiger partial charge in [-0.1, -0.05) is 13.0 Å². The Bertz CT molecular complexity index is 727. The van der Waals surface area contributed by atoms with E-state index < -0.39 is 11.8 Å². The van der Waals surface area contributed by atoms with E-state index in [-0.39, 0.29) is 23.5 Å². The summed E-state index contributed by atoms with van der Waals surface area (Å²) in [5, 5.41) is 10.3. The zero-order valence-corrected chi connectivity index (χ0v) is 16.0. The molecule has 2 aliphatic rings. The topological polar surface area (TPSA) is 43.8 Å². The number of hydrogen-bond donors (Lipinski definition) is 1. The summed E-state index contributed by atoms with van der Waals surface area (Å²) in [6, 6.07) is 3.52. The Labute approximate surface area is 159 Å². The number of rotatable bonds is 5. The molecule has 2 saturated heterocycles. The molecule has 2 heterocycles. The first kappa shape index (κ1) is 19.8. The van der Waals surface area contributed by atoms with Gasteiger partial charge in [-0.25, -0.2) is 8.78 Å². The van der Waals surface area contributed by atoms with Crippen LogP contribution in [0.15, 0.2) is 24.4 Å². The van der Waals surface area contributed by atoms with Crippen LogP contribution in [-0.2, 0) is 6.54 Å². The highest BCUT2D eigenvalue weighted by atomic mass is 19.3. The minimum absolute atomic E-state index is 0.00614. The summed E-state index contributed by atoms with van der Waals surface area (Å²) in [5.74, 6) is -3.53. The first-order valence-electron chi connectivity index (χ1n) is 9.65. The molecule has 148 valence electrons. The number of likely N-dealkylation sites (tertiary alicyclic amines) is 2. The number of aromatic hydroxyl groups is 1. The van der Waals surface area contributed by atoms with E-state index in [1.807, 2.05) is 11.0 Å². The van der Waals surface area contributed by atoms with Crippen LogP contribution < -0.4 is 0 Å². The number of carbonyl (C=O) groups excluding carboxylic acids is 1. The normalized spacial score (nSPS) is 23.3. The number of aryl methyl sites for hydroxylation is 1. The number of ketones is 1. The number of piperidine rings is 1. The molecular formula is C21H28F2N2O2. The Hall–Kier alpha value is -1.95. The summed E-state index contributed by atoms with van der Waals surface area (Å²) >= 11 is 0. The average molecular weight is 378 g/mol. The van der Waals surface area contributed by atoms with Crippen LogP contribution in [0, 0.1) is 12.8 Å². The minimum atomic E-state index is -2.61. The second-order valence-electron chi connectivity index (χ2n) is 7.88. The Morgan fingerprint density at radius 2 is 2.00 bits per heavy atom. The number of benzene rings is 1.